The van der Waals surface area contributed by atoms with Gasteiger partial charge in [-0.05, 0) is 119 Å². The second kappa shape index (κ2) is 12.2. The van der Waals surface area contributed by atoms with E-state index in [4.69, 9.17) is 15.6 Å². The van der Waals surface area contributed by atoms with E-state index in [2.05, 4.69) is 77.3 Å². The van der Waals surface area contributed by atoms with Crippen molar-refractivity contribution >= 4 is 39.3 Å². The Bertz CT molecular complexity index is 2350. The molecule has 3 aromatic carbocycles. The largest absolute Gasteiger partial charge is 0.494 e. The van der Waals surface area contributed by atoms with E-state index in [0.29, 0.717) is 30.8 Å². The summed E-state index contributed by atoms with van der Waals surface area (Å²) in [6.45, 7) is 15.9. The fraction of sp³-hybridized carbons (Fsp3) is 0.341. The first-order chi connectivity index (χ1) is 23.8. The van der Waals surface area contributed by atoms with Crippen LogP contribution in [-0.4, -0.2) is 43.9 Å². The van der Waals surface area contributed by atoms with Gasteiger partial charge in [0.2, 0.25) is 5.91 Å². The predicted octanol–water partition coefficient (Wildman–Crippen LogP) is 7.72. The molecule has 7 rings (SSSR count). The first kappa shape index (κ1) is 33.2. The number of rotatable bonds is 8. The highest BCUT2D eigenvalue weighted by Crippen LogP contribution is 2.44. The fourth-order valence-electron chi connectivity index (χ4n) is 7.97. The van der Waals surface area contributed by atoms with Gasteiger partial charge in [0, 0.05) is 71.6 Å². The lowest BCUT2D eigenvalue weighted by atomic mass is 9.94. The summed E-state index contributed by atoms with van der Waals surface area (Å²) in [5.41, 5.74) is 19.8. The van der Waals surface area contributed by atoms with Crippen molar-refractivity contribution in [2.45, 2.75) is 67.3 Å². The van der Waals surface area contributed by atoms with Crippen molar-refractivity contribution in [1.82, 2.24) is 18.9 Å². The van der Waals surface area contributed by atoms with Crippen molar-refractivity contribution in [2.24, 2.45) is 19.8 Å². The second-order valence-corrected chi connectivity index (χ2v) is 14.1. The number of nitrogens with two attached hydrogens (primary N) is 1. The normalized spacial score (nSPS) is 14.6. The Kier molecular flexibility index (Phi) is 8.12. The van der Waals surface area contributed by atoms with Gasteiger partial charge in [0.1, 0.15) is 11.4 Å². The van der Waals surface area contributed by atoms with Crippen LogP contribution in [0.1, 0.15) is 79.4 Å². The number of amides is 2. The molecule has 1 aliphatic heterocycles. The molecule has 3 aromatic heterocycles. The maximum atomic E-state index is 15.0. The number of hydrogen-bond acceptors (Lipinski definition) is 4. The smallest absolute Gasteiger partial charge is 0.275 e. The Morgan fingerprint density at radius 2 is 1.66 bits per heavy atom. The molecule has 2 amide bonds. The van der Waals surface area contributed by atoms with E-state index < -0.39 is 5.91 Å². The number of benzene rings is 3. The van der Waals surface area contributed by atoms with E-state index in [1.165, 1.54) is 16.7 Å². The van der Waals surface area contributed by atoms with Crippen molar-refractivity contribution in [1.29, 1.82) is 0 Å². The number of nitrogens with zero attached hydrogens (tertiary/aromatic N) is 5. The minimum atomic E-state index is -0.496. The van der Waals surface area contributed by atoms with Gasteiger partial charge in [-0.1, -0.05) is 12.1 Å². The van der Waals surface area contributed by atoms with Crippen molar-refractivity contribution < 1.29 is 14.3 Å². The summed E-state index contributed by atoms with van der Waals surface area (Å²) in [4.78, 5) is 29.1. The zero-order valence-corrected chi connectivity index (χ0v) is 30.6. The van der Waals surface area contributed by atoms with E-state index in [-0.39, 0.29) is 11.9 Å². The summed E-state index contributed by atoms with van der Waals surface area (Å²) in [6.07, 6.45) is 3.39. The topological polar surface area (TPSA) is 100 Å². The lowest BCUT2D eigenvalue weighted by Crippen LogP contribution is -2.42. The maximum absolute atomic E-state index is 15.0. The number of anilines is 1. The molecule has 0 aliphatic carbocycles. The highest BCUT2D eigenvalue weighted by Gasteiger charge is 2.37. The molecule has 9 heteroatoms. The predicted molar refractivity (Wildman–Crippen MR) is 201 cm³/mol. The monoisotopic (exact) mass is 670 g/mol. The van der Waals surface area contributed by atoms with Gasteiger partial charge in [0.15, 0.2) is 0 Å². The molecule has 6 aromatic rings. The average molecular weight is 671 g/mol. The number of hydrogen-bond donors (Lipinski definition) is 1. The van der Waals surface area contributed by atoms with Gasteiger partial charge >= 0.3 is 0 Å². The molecular formula is C41H46N6O3. The number of fused-ring (bicyclic) bond motifs is 4. The van der Waals surface area contributed by atoms with Crippen LogP contribution in [0.4, 0.5) is 5.69 Å². The first-order valence-electron chi connectivity index (χ1n) is 17.4. The number of aromatic nitrogens is 4. The van der Waals surface area contributed by atoms with Gasteiger partial charge < -0.3 is 24.5 Å². The molecule has 4 heterocycles. The summed E-state index contributed by atoms with van der Waals surface area (Å²) < 4.78 is 12.5. The van der Waals surface area contributed by atoms with Crippen LogP contribution in [0.25, 0.3) is 32.9 Å². The van der Waals surface area contributed by atoms with Gasteiger partial charge in [0.05, 0.1) is 23.5 Å². The van der Waals surface area contributed by atoms with Gasteiger partial charge in [-0.15, -0.1) is 0 Å². The Labute approximate surface area is 293 Å². The first-order valence-corrected chi connectivity index (χ1v) is 17.4. The summed E-state index contributed by atoms with van der Waals surface area (Å²) >= 11 is 0. The molecule has 1 aliphatic rings. The van der Waals surface area contributed by atoms with Crippen LogP contribution in [0.2, 0.25) is 0 Å². The lowest BCUT2D eigenvalue weighted by molar-refractivity contribution is 0.0956. The summed E-state index contributed by atoms with van der Waals surface area (Å²) in [5, 5.41) is 6.69. The van der Waals surface area contributed by atoms with Crippen LogP contribution in [0.5, 0.6) is 5.75 Å². The van der Waals surface area contributed by atoms with Crippen molar-refractivity contribution in [2.75, 3.05) is 18.1 Å². The number of primary amides is 1. The van der Waals surface area contributed by atoms with Crippen LogP contribution in [-0.2, 0) is 20.5 Å². The van der Waals surface area contributed by atoms with Crippen LogP contribution in [0, 0.1) is 41.5 Å². The third kappa shape index (κ3) is 5.18. The molecule has 258 valence electrons. The Morgan fingerprint density at radius 1 is 0.940 bits per heavy atom. The number of carbonyl (C=O) groups is 2. The minimum Gasteiger partial charge on any atom is -0.494 e. The van der Waals surface area contributed by atoms with Crippen LogP contribution < -0.4 is 15.4 Å². The van der Waals surface area contributed by atoms with Crippen molar-refractivity contribution in [3.63, 3.8) is 0 Å². The quantitative estimate of drug-likeness (QED) is 0.168. The average Bonchev–Trinajstić information content (AvgIpc) is 3.67. The van der Waals surface area contributed by atoms with E-state index >= 15 is 4.79 Å². The minimum absolute atomic E-state index is 0.0406. The fourth-order valence-corrected chi connectivity index (χ4v) is 7.97. The van der Waals surface area contributed by atoms with E-state index in [9.17, 15) is 4.79 Å². The third-order valence-electron chi connectivity index (χ3n) is 10.9. The molecule has 1 atom stereocenters. The molecule has 0 fully saturated rings. The van der Waals surface area contributed by atoms with Gasteiger partial charge in [-0.2, -0.15) is 5.10 Å². The molecule has 0 saturated heterocycles. The van der Waals surface area contributed by atoms with Gasteiger partial charge in [-0.25, -0.2) is 0 Å². The molecule has 9 nitrogen and oxygen atoms in total. The number of aryl methyl sites for hydroxylation is 7. The highest BCUT2D eigenvalue weighted by atomic mass is 16.5. The molecule has 0 saturated carbocycles. The molecular weight excluding hydrogens is 624 g/mol. The van der Waals surface area contributed by atoms with Crippen LogP contribution >= 0.6 is 0 Å². The molecule has 2 N–H and O–H groups in total. The Hall–Kier alpha value is -5.31. The van der Waals surface area contributed by atoms with E-state index in [1.54, 1.807) is 12.1 Å². The zero-order valence-electron chi connectivity index (χ0n) is 30.6. The van der Waals surface area contributed by atoms with Crippen molar-refractivity contribution in [3.8, 4) is 16.9 Å². The Morgan fingerprint density at radius 3 is 2.32 bits per heavy atom. The van der Waals surface area contributed by atoms with E-state index in [1.807, 2.05) is 40.5 Å². The van der Waals surface area contributed by atoms with Gasteiger partial charge in [0.25, 0.3) is 5.91 Å². The summed E-state index contributed by atoms with van der Waals surface area (Å²) in [7, 11) is 3.94. The SMILES string of the molecule is Cc1cc(OCCCc2c3n(c4c(-c5c(C)nn(C)c5C)c(C)ccc24)[C@H](C)CN(c2cn(C)c4ccc(C(N)=O)cc24)C3=O)cc(C)c1C. The molecule has 0 unspecified atom stereocenters. The Balaban J connectivity index is 1.38. The van der Waals surface area contributed by atoms with E-state index in [0.717, 1.165) is 73.3 Å². The molecule has 0 spiro atoms. The molecule has 0 bridgehead atoms. The van der Waals surface area contributed by atoms with Gasteiger partial charge in [-0.3, -0.25) is 14.3 Å². The number of ether oxygens (including phenoxy) is 1. The highest BCUT2D eigenvalue weighted by molar-refractivity contribution is 6.16. The third-order valence-corrected chi connectivity index (χ3v) is 10.9. The molecule has 50 heavy (non-hydrogen) atoms. The lowest BCUT2D eigenvalue weighted by Gasteiger charge is -2.34. The standard InChI is InChI=1S/C41H46N6O3/c1-22-12-14-32-31(11-10-16-50-30-17-23(2)26(5)24(3)18-30)39-41(49)46(35-21-44(8)34-15-13-29(40(42)48)19-33(34)35)20-25(4)47(39)38(32)36(22)37-27(6)43-45(9)28(37)7/h12-15,17-19,21,25H,10-11,16,20H2,1-9H3,(H2,42,48)/t25-/m1/s1. The van der Waals surface area contributed by atoms with Crippen LogP contribution in [0.15, 0.2) is 48.7 Å². The maximum Gasteiger partial charge on any atom is 0.275 e. The van der Waals surface area contributed by atoms with Crippen LogP contribution in [0.3, 0.4) is 0 Å². The summed E-state index contributed by atoms with van der Waals surface area (Å²) in [6, 6.07) is 14.0. The summed E-state index contributed by atoms with van der Waals surface area (Å²) in [5.74, 6) is 0.321. The van der Waals surface area contributed by atoms with Crippen molar-refractivity contribution in [3.05, 3.63) is 99.1 Å². The number of carbonyl (C=O) groups excluding carboxylic acids is 2. The second-order valence-electron chi connectivity index (χ2n) is 14.1. The zero-order chi connectivity index (χ0) is 35.8. The molecule has 0 radical (unpaired) electrons.